The van der Waals surface area contributed by atoms with E-state index in [-0.39, 0.29) is 35.9 Å². The standard InChI is InChI=1S/C40H51N5O6S/c41-20-9-8-19-36(38(46)42-29-13-10-14-30(26-29)45-21-23-52(49,50)24-22-45)43-39(47)37(25-28-11-2-1-3-12-28)44-40(48)51-27-35-33-17-6-4-15-31(33)32-16-5-7-18-34(32)35/h4-7,10,13-18,26,28,35-37H,1-3,8-9,11-12,19-25,27,41H2,(H,42,46)(H,43,47)(H,44,48)/t36-,37-/m0/s1. The third-order valence-corrected chi connectivity index (χ3v) is 12.3. The summed E-state index contributed by atoms with van der Waals surface area (Å²) in [7, 11) is -3.03. The van der Waals surface area contributed by atoms with E-state index in [2.05, 4.69) is 40.2 Å². The summed E-state index contributed by atoms with van der Waals surface area (Å²) in [5.41, 5.74) is 11.6. The molecule has 1 saturated heterocycles. The molecule has 52 heavy (non-hydrogen) atoms. The minimum atomic E-state index is -3.03. The predicted molar refractivity (Wildman–Crippen MR) is 204 cm³/mol. The Morgan fingerprint density at radius 1 is 0.808 bits per heavy atom. The molecule has 1 saturated carbocycles. The number of nitrogens with zero attached hydrogens (tertiary/aromatic N) is 1. The number of hydrogen-bond acceptors (Lipinski definition) is 8. The Morgan fingerprint density at radius 3 is 2.15 bits per heavy atom. The molecule has 0 aromatic heterocycles. The predicted octanol–water partition coefficient (Wildman–Crippen LogP) is 5.35. The SMILES string of the molecule is NCCCC[C@H](NC(=O)[C@H](CC1CCCCC1)NC(=O)OCC1c2ccccc2-c2ccccc21)C(=O)Nc1cccc(N2CCS(=O)(=O)CC2)c1. The molecule has 2 atom stereocenters. The van der Waals surface area contributed by atoms with Crippen molar-refractivity contribution in [1.29, 1.82) is 0 Å². The summed E-state index contributed by atoms with van der Waals surface area (Å²) < 4.78 is 29.7. The van der Waals surface area contributed by atoms with Crippen LogP contribution in [0, 0.1) is 5.92 Å². The Kier molecular flexibility index (Phi) is 12.5. The molecule has 5 N–H and O–H groups in total. The molecule has 3 aliphatic rings. The number of alkyl carbamates (subject to hydrolysis) is 1. The first-order valence-corrected chi connectivity index (χ1v) is 20.5. The zero-order valence-corrected chi connectivity index (χ0v) is 30.5. The van der Waals surface area contributed by atoms with Crippen molar-refractivity contribution in [2.45, 2.75) is 75.8 Å². The molecule has 11 nitrogen and oxygen atoms in total. The van der Waals surface area contributed by atoms with Crippen molar-refractivity contribution in [3.63, 3.8) is 0 Å². The summed E-state index contributed by atoms with van der Waals surface area (Å²) in [5, 5.41) is 8.79. The molecule has 2 fully saturated rings. The van der Waals surface area contributed by atoms with Gasteiger partial charge in [-0.15, -0.1) is 0 Å². The number of benzene rings is 3. The number of ether oxygens (including phenoxy) is 1. The molecule has 12 heteroatoms. The van der Waals surface area contributed by atoms with E-state index in [0.29, 0.717) is 51.0 Å². The highest BCUT2D eigenvalue weighted by Crippen LogP contribution is 2.44. The van der Waals surface area contributed by atoms with E-state index < -0.39 is 33.9 Å². The van der Waals surface area contributed by atoms with E-state index in [1.54, 1.807) is 6.07 Å². The number of carbonyl (C=O) groups is 3. The number of rotatable bonds is 14. The van der Waals surface area contributed by atoms with Gasteiger partial charge in [-0.25, -0.2) is 13.2 Å². The minimum Gasteiger partial charge on any atom is -0.449 e. The van der Waals surface area contributed by atoms with Gasteiger partial charge in [0.25, 0.3) is 0 Å². The minimum absolute atomic E-state index is 0.0882. The summed E-state index contributed by atoms with van der Waals surface area (Å²) in [6, 6.07) is 21.8. The van der Waals surface area contributed by atoms with Crippen LogP contribution in [0.1, 0.15) is 74.8 Å². The fourth-order valence-corrected chi connectivity index (χ4v) is 8.99. The van der Waals surface area contributed by atoms with Gasteiger partial charge in [0.05, 0.1) is 11.5 Å². The van der Waals surface area contributed by atoms with Crippen LogP contribution in [0.3, 0.4) is 0 Å². The average molecular weight is 730 g/mol. The number of amides is 3. The van der Waals surface area contributed by atoms with Crippen LogP contribution in [0.4, 0.5) is 16.2 Å². The number of nitrogens with one attached hydrogen (secondary N) is 3. The Balaban J connectivity index is 1.12. The van der Waals surface area contributed by atoms with Gasteiger partial charge in [0.1, 0.15) is 18.7 Å². The first-order valence-electron chi connectivity index (χ1n) is 18.7. The molecule has 1 heterocycles. The van der Waals surface area contributed by atoms with Gasteiger partial charge < -0.3 is 31.3 Å². The van der Waals surface area contributed by atoms with Gasteiger partial charge in [0, 0.05) is 30.4 Å². The van der Waals surface area contributed by atoms with Crippen LogP contribution < -0.4 is 26.6 Å². The van der Waals surface area contributed by atoms with Gasteiger partial charge in [0.2, 0.25) is 11.8 Å². The van der Waals surface area contributed by atoms with Crippen LogP contribution in [0.5, 0.6) is 0 Å². The molecule has 0 bridgehead atoms. The summed E-state index contributed by atoms with van der Waals surface area (Å²) in [6.07, 6.45) is 6.78. The summed E-state index contributed by atoms with van der Waals surface area (Å²) in [6.45, 7) is 1.37. The quantitative estimate of drug-likeness (QED) is 0.162. The van der Waals surface area contributed by atoms with Crippen molar-refractivity contribution >= 4 is 39.1 Å². The summed E-state index contributed by atoms with van der Waals surface area (Å²) in [5.74, 6) is -0.455. The van der Waals surface area contributed by atoms with Crippen molar-refractivity contribution in [3.05, 3.63) is 83.9 Å². The average Bonchev–Trinajstić information content (AvgIpc) is 3.47. The molecule has 0 unspecified atom stereocenters. The Hall–Kier alpha value is -4.42. The zero-order chi connectivity index (χ0) is 36.5. The van der Waals surface area contributed by atoms with Gasteiger partial charge in [-0.2, -0.15) is 0 Å². The van der Waals surface area contributed by atoms with Gasteiger partial charge in [-0.3, -0.25) is 9.59 Å². The number of unbranched alkanes of at least 4 members (excludes halogenated alkanes) is 1. The van der Waals surface area contributed by atoms with Gasteiger partial charge in [-0.1, -0.05) is 86.7 Å². The van der Waals surface area contributed by atoms with E-state index >= 15 is 0 Å². The lowest BCUT2D eigenvalue weighted by atomic mass is 9.84. The monoisotopic (exact) mass is 729 g/mol. The molecule has 3 amide bonds. The molecule has 3 aromatic rings. The van der Waals surface area contributed by atoms with Crippen LogP contribution in [0.25, 0.3) is 11.1 Å². The molecular formula is C40H51N5O6S. The van der Waals surface area contributed by atoms with Gasteiger partial charge in [0.15, 0.2) is 9.84 Å². The Bertz CT molecular complexity index is 1770. The summed E-state index contributed by atoms with van der Waals surface area (Å²) in [4.78, 5) is 43.1. The fraction of sp³-hybridized carbons (Fsp3) is 0.475. The van der Waals surface area contributed by atoms with Gasteiger partial charge >= 0.3 is 6.09 Å². The number of hydrogen-bond donors (Lipinski definition) is 4. The van der Waals surface area contributed by atoms with Crippen LogP contribution in [-0.2, 0) is 24.2 Å². The maximum atomic E-state index is 14.0. The maximum Gasteiger partial charge on any atom is 0.407 e. The highest BCUT2D eigenvalue weighted by molar-refractivity contribution is 7.91. The largest absolute Gasteiger partial charge is 0.449 e. The maximum absolute atomic E-state index is 14.0. The lowest BCUT2D eigenvalue weighted by Gasteiger charge is -2.29. The zero-order valence-electron chi connectivity index (χ0n) is 29.7. The molecule has 278 valence electrons. The van der Waals surface area contributed by atoms with Crippen molar-refractivity contribution in [2.75, 3.05) is 48.0 Å². The normalized spacial score (nSPS) is 18.1. The van der Waals surface area contributed by atoms with E-state index in [1.165, 1.54) is 0 Å². The molecule has 2 aliphatic carbocycles. The molecule has 3 aromatic carbocycles. The van der Waals surface area contributed by atoms with E-state index in [1.807, 2.05) is 47.4 Å². The van der Waals surface area contributed by atoms with Crippen molar-refractivity contribution in [2.24, 2.45) is 11.7 Å². The lowest BCUT2D eigenvalue weighted by Crippen LogP contribution is -2.53. The number of carbonyl (C=O) groups excluding carboxylic acids is 3. The lowest BCUT2D eigenvalue weighted by molar-refractivity contribution is -0.128. The van der Waals surface area contributed by atoms with E-state index in [4.69, 9.17) is 10.5 Å². The van der Waals surface area contributed by atoms with Crippen LogP contribution in [0.15, 0.2) is 72.8 Å². The topological polar surface area (TPSA) is 160 Å². The number of nitrogens with two attached hydrogens (primary N) is 1. The second kappa shape index (κ2) is 17.4. The number of sulfone groups is 1. The molecule has 0 radical (unpaired) electrons. The molecular weight excluding hydrogens is 679 g/mol. The van der Waals surface area contributed by atoms with Crippen LogP contribution in [0.2, 0.25) is 0 Å². The van der Waals surface area contributed by atoms with Crippen molar-refractivity contribution in [3.8, 4) is 11.1 Å². The van der Waals surface area contributed by atoms with Crippen LogP contribution >= 0.6 is 0 Å². The van der Waals surface area contributed by atoms with Gasteiger partial charge in [-0.05, 0) is 78.6 Å². The first kappa shape index (κ1) is 37.3. The first-order chi connectivity index (χ1) is 25.2. The number of anilines is 2. The number of fused-ring (bicyclic) bond motifs is 3. The molecule has 0 spiro atoms. The molecule has 6 rings (SSSR count). The van der Waals surface area contributed by atoms with Crippen molar-refractivity contribution < 1.29 is 27.5 Å². The fourth-order valence-electron chi connectivity index (χ4n) is 7.78. The van der Waals surface area contributed by atoms with Crippen molar-refractivity contribution in [1.82, 2.24) is 10.6 Å². The Morgan fingerprint density at radius 2 is 1.48 bits per heavy atom. The van der Waals surface area contributed by atoms with E-state index in [0.717, 1.165) is 60.0 Å². The second-order valence-electron chi connectivity index (χ2n) is 14.3. The third kappa shape index (κ3) is 9.51. The smallest absolute Gasteiger partial charge is 0.407 e. The van der Waals surface area contributed by atoms with Crippen LogP contribution in [-0.4, -0.2) is 76.2 Å². The second-order valence-corrected chi connectivity index (χ2v) is 16.6. The third-order valence-electron chi connectivity index (χ3n) is 10.6. The highest BCUT2D eigenvalue weighted by Gasteiger charge is 2.32. The Labute approximate surface area is 307 Å². The van der Waals surface area contributed by atoms with E-state index in [9.17, 15) is 22.8 Å². The highest BCUT2D eigenvalue weighted by atomic mass is 32.2. The molecule has 1 aliphatic heterocycles. The summed E-state index contributed by atoms with van der Waals surface area (Å²) >= 11 is 0.